The van der Waals surface area contributed by atoms with Gasteiger partial charge in [-0.25, -0.2) is 0 Å². The zero-order valence-electron chi connectivity index (χ0n) is 7.32. The molecule has 0 unspecified atom stereocenters. The molecule has 2 rings (SSSR count). The molecule has 3 nitrogen and oxygen atoms in total. The van der Waals surface area contributed by atoms with Crippen LogP contribution in [0.1, 0.15) is 12.8 Å². The third kappa shape index (κ3) is 1.33. The molecule has 0 saturated carbocycles. The highest BCUT2D eigenvalue weighted by atomic mass is 32.2. The third-order valence-corrected chi connectivity index (χ3v) is 3.49. The highest BCUT2D eigenvalue weighted by Crippen LogP contribution is 2.24. The smallest absolute Gasteiger partial charge is 0.234 e. The molecule has 2 aliphatic heterocycles. The molecular formula is C8H14N2OS. The summed E-state index contributed by atoms with van der Waals surface area (Å²) in [5.41, 5.74) is 0. The fourth-order valence-corrected chi connectivity index (χ4v) is 2.39. The van der Waals surface area contributed by atoms with Crippen molar-refractivity contribution in [2.24, 2.45) is 0 Å². The van der Waals surface area contributed by atoms with Crippen molar-refractivity contribution in [3.05, 3.63) is 0 Å². The van der Waals surface area contributed by atoms with E-state index < -0.39 is 0 Å². The van der Waals surface area contributed by atoms with Crippen molar-refractivity contribution in [3.8, 4) is 0 Å². The average molecular weight is 186 g/mol. The Morgan fingerprint density at radius 3 is 2.67 bits per heavy atom. The Balaban J connectivity index is 1.91. The Morgan fingerprint density at radius 2 is 2.25 bits per heavy atom. The maximum atomic E-state index is 11.3. The van der Waals surface area contributed by atoms with Crippen LogP contribution < -0.4 is 0 Å². The number of amides is 1. The largest absolute Gasteiger partial charge is 0.298 e. The van der Waals surface area contributed by atoms with E-state index in [0.717, 1.165) is 13.0 Å². The molecule has 0 aromatic rings. The maximum Gasteiger partial charge on any atom is 0.234 e. The lowest BCUT2D eigenvalue weighted by atomic mass is 10.1. The van der Waals surface area contributed by atoms with Crippen molar-refractivity contribution in [2.45, 2.75) is 18.9 Å². The molecule has 2 aliphatic rings. The molecule has 4 heteroatoms. The molecule has 0 radical (unpaired) electrons. The first-order valence-electron chi connectivity index (χ1n) is 4.40. The molecule has 1 amide bonds. The van der Waals surface area contributed by atoms with Crippen LogP contribution in [0, 0.1) is 0 Å². The fourth-order valence-electron chi connectivity index (χ4n) is 1.79. The van der Waals surface area contributed by atoms with Crippen molar-refractivity contribution in [2.75, 3.05) is 25.9 Å². The summed E-state index contributed by atoms with van der Waals surface area (Å²) in [7, 11) is 0. The Hall–Kier alpha value is -0.220. The predicted octanol–water partition coefficient (Wildman–Crippen LogP) is 0.571. The quantitative estimate of drug-likeness (QED) is 0.589. The van der Waals surface area contributed by atoms with Crippen LogP contribution >= 0.6 is 11.9 Å². The van der Waals surface area contributed by atoms with E-state index >= 15 is 0 Å². The average Bonchev–Trinajstić information content (AvgIpc) is 2.27. The van der Waals surface area contributed by atoms with Gasteiger partial charge in [0.1, 0.15) is 0 Å². The number of hydrogen-bond donors (Lipinski definition) is 0. The van der Waals surface area contributed by atoms with Gasteiger partial charge in [-0.1, -0.05) is 11.9 Å². The second-order valence-corrected chi connectivity index (χ2v) is 4.19. The van der Waals surface area contributed by atoms with Gasteiger partial charge in [0.2, 0.25) is 5.91 Å². The van der Waals surface area contributed by atoms with Crippen molar-refractivity contribution in [3.63, 3.8) is 0 Å². The van der Waals surface area contributed by atoms with Gasteiger partial charge < -0.3 is 0 Å². The van der Waals surface area contributed by atoms with Crippen molar-refractivity contribution >= 4 is 17.9 Å². The van der Waals surface area contributed by atoms with Gasteiger partial charge in [0, 0.05) is 25.3 Å². The Kier molecular flexibility index (Phi) is 2.28. The molecule has 12 heavy (non-hydrogen) atoms. The molecule has 0 bridgehead atoms. The lowest BCUT2D eigenvalue weighted by Crippen LogP contribution is -2.45. The topological polar surface area (TPSA) is 23.6 Å². The number of carbonyl (C=O) groups excluding carboxylic acids is 1. The summed E-state index contributed by atoms with van der Waals surface area (Å²) in [6, 6.07) is 0.513. The second kappa shape index (κ2) is 3.26. The van der Waals surface area contributed by atoms with Gasteiger partial charge in [-0.05, 0) is 19.5 Å². The molecule has 0 aliphatic carbocycles. The van der Waals surface area contributed by atoms with E-state index in [2.05, 4.69) is 4.90 Å². The van der Waals surface area contributed by atoms with Gasteiger partial charge in [-0.15, -0.1) is 0 Å². The first kappa shape index (κ1) is 8.38. The van der Waals surface area contributed by atoms with Crippen LogP contribution in [-0.2, 0) is 4.79 Å². The molecule has 0 spiro atoms. The lowest BCUT2D eigenvalue weighted by molar-refractivity contribution is -0.123. The second-order valence-electron chi connectivity index (χ2n) is 3.38. The van der Waals surface area contributed by atoms with Crippen LogP contribution in [0.2, 0.25) is 0 Å². The van der Waals surface area contributed by atoms with Gasteiger partial charge in [-0.2, -0.15) is 0 Å². The summed E-state index contributed by atoms with van der Waals surface area (Å²) < 4.78 is 1.88. The number of rotatable bonds is 2. The fraction of sp³-hybridized carbons (Fsp3) is 0.875. The van der Waals surface area contributed by atoms with E-state index in [9.17, 15) is 4.79 Å². The van der Waals surface area contributed by atoms with Crippen molar-refractivity contribution in [1.29, 1.82) is 0 Å². The molecule has 68 valence electrons. The highest BCUT2D eigenvalue weighted by molar-refractivity contribution is 7.96. The highest BCUT2D eigenvalue weighted by Gasteiger charge is 2.35. The van der Waals surface area contributed by atoms with Crippen LogP contribution in [0.15, 0.2) is 0 Å². The van der Waals surface area contributed by atoms with Crippen LogP contribution in [0.5, 0.6) is 0 Å². The third-order valence-electron chi connectivity index (χ3n) is 2.69. The van der Waals surface area contributed by atoms with Crippen molar-refractivity contribution in [1.82, 2.24) is 9.21 Å². The number of hydrogen-bond acceptors (Lipinski definition) is 3. The summed E-state index contributed by atoms with van der Waals surface area (Å²) in [6.07, 6.45) is 4.02. The first-order chi connectivity index (χ1) is 5.81. The van der Waals surface area contributed by atoms with Gasteiger partial charge in [0.05, 0.1) is 0 Å². The van der Waals surface area contributed by atoms with E-state index in [1.54, 1.807) is 11.9 Å². The van der Waals surface area contributed by atoms with Crippen LogP contribution in [0.25, 0.3) is 0 Å². The monoisotopic (exact) mass is 186 g/mol. The molecule has 0 aromatic heterocycles. The van der Waals surface area contributed by atoms with Gasteiger partial charge >= 0.3 is 0 Å². The normalized spacial score (nSPS) is 30.9. The first-order valence-corrected chi connectivity index (χ1v) is 5.58. The molecular weight excluding hydrogens is 172 g/mol. The van der Waals surface area contributed by atoms with Crippen LogP contribution in [0.4, 0.5) is 0 Å². The zero-order chi connectivity index (χ0) is 8.55. The summed E-state index contributed by atoms with van der Waals surface area (Å²) in [6.45, 7) is 3.32. The molecule has 0 aromatic carbocycles. The van der Waals surface area contributed by atoms with Gasteiger partial charge in [-0.3, -0.25) is 14.0 Å². The zero-order valence-corrected chi connectivity index (χ0v) is 8.14. The van der Waals surface area contributed by atoms with Crippen LogP contribution in [0.3, 0.4) is 0 Å². The minimum atomic E-state index is 0.305. The number of likely N-dealkylation sites (tertiary alicyclic amines) is 1. The molecule has 1 atom stereocenters. The summed E-state index contributed by atoms with van der Waals surface area (Å²) in [4.78, 5) is 13.7. The van der Waals surface area contributed by atoms with E-state index in [4.69, 9.17) is 0 Å². The molecule has 2 saturated heterocycles. The van der Waals surface area contributed by atoms with E-state index in [1.165, 1.54) is 19.5 Å². The van der Waals surface area contributed by atoms with Crippen molar-refractivity contribution < 1.29 is 4.79 Å². The SMILES string of the molecule is CSN1C[C@@H](N2CCC2)CC1=O. The standard InChI is InChI=1S/C8H14N2OS/c1-12-10-6-7(5-8(10)11)9-3-2-4-9/h7H,2-6H2,1H3/t7-/m0/s1. The number of carbonyl (C=O) groups is 1. The summed E-state index contributed by atoms with van der Waals surface area (Å²) in [5, 5.41) is 0. The lowest BCUT2D eigenvalue weighted by Gasteiger charge is -2.35. The van der Waals surface area contributed by atoms with Gasteiger partial charge in [0.25, 0.3) is 0 Å². The van der Waals surface area contributed by atoms with Gasteiger partial charge in [0.15, 0.2) is 0 Å². The maximum absolute atomic E-state index is 11.3. The van der Waals surface area contributed by atoms with E-state index in [0.29, 0.717) is 11.9 Å². The Labute approximate surface area is 77.2 Å². The number of nitrogens with zero attached hydrogens (tertiary/aromatic N) is 2. The predicted molar refractivity (Wildman–Crippen MR) is 49.8 cm³/mol. The molecule has 2 fully saturated rings. The minimum absolute atomic E-state index is 0.305. The van der Waals surface area contributed by atoms with E-state index in [1.807, 2.05) is 10.6 Å². The molecule has 0 N–H and O–H groups in total. The van der Waals surface area contributed by atoms with Crippen LogP contribution in [-0.4, -0.2) is 47.0 Å². The minimum Gasteiger partial charge on any atom is -0.298 e. The van der Waals surface area contributed by atoms with E-state index in [-0.39, 0.29) is 0 Å². The summed E-state index contributed by atoms with van der Waals surface area (Å²) in [5.74, 6) is 0.305. The summed E-state index contributed by atoms with van der Waals surface area (Å²) >= 11 is 1.55. The molecule has 2 heterocycles. The Morgan fingerprint density at radius 1 is 1.50 bits per heavy atom. The Bertz CT molecular complexity index is 193.